The van der Waals surface area contributed by atoms with Crippen LogP contribution < -0.4 is 9.46 Å². The lowest BCUT2D eigenvalue weighted by molar-refractivity contribution is 0.309. The molecule has 0 amide bonds. The van der Waals surface area contributed by atoms with E-state index in [4.69, 9.17) is 9.15 Å². The number of rotatable bonds is 9. The summed E-state index contributed by atoms with van der Waals surface area (Å²) in [6.45, 7) is 2.74. The van der Waals surface area contributed by atoms with E-state index in [1.54, 1.807) is 42.6 Å². The Balaban J connectivity index is 1.44. The molecule has 0 saturated heterocycles. The fraction of sp³-hybridized carbons (Fsp3) is 0.160. The predicted octanol–water partition coefficient (Wildman–Crippen LogP) is 5.99. The van der Waals surface area contributed by atoms with Crippen molar-refractivity contribution in [3.05, 3.63) is 85.1 Å². The summed E-state index contributed by atoms with van der Waals surface area (Å²) in [5.41, 5.74) is 2.09. The van der Waals surface area contributed by atoms with E-state index in [0.29, 0.717) is 35.3 Å². The lowest BCUT2D eigenvalue weighted by Gasteiger charge is -2.10. The predicted molar refractivity (Wildman–Crippen MR) is 125 cm³/mol. The van der Waals surface area contributed by atoms with Crippen molar-refractivity contribution in [3.8, 4) is 28.5 Å². The fourth-order valence-corrected chi connectivity index (χ4v) is 4.15. The molecule has 0 aliphatic heterocycles. The number of unbranched alkanes of at least 4 members (excludes halogenated alkanes) is 1. The van der Waals surface area contributed by atoms with Gasteiger partial charge < -0.3 is 9.15 Å². The first-order valence-electron chi connectivity index (χ1n) is 10.4. The molecule has 1 aromatic heterocycles. The molecule has 7 heteroatoms. The molecule has 0 aliphatic rings. The number of benzene rings is 3. The van der Waals surface area contributed by atoms with Crippen LogP contribution in [0.5, 0.6) is 5.75 Å². The van der Waals surface area contributed by atoms with Gasteiger partial charge in [0.15, 0.2) is 5.76 Å². The molecule has 1 N–H and O–H groups in total. The van der Waals surface area contributed by atoms with Gasteiger partial charge >= 0.3 is 0 Å². The van der Waals surface area contributed by atoms with Crippen molar-refractivity contribution in [2.24, 2.45) is 0 Å². The van der Waals surface area contributed by atoms with Crippen LogP contribution in [-0.2, 0) is 10.0 Å². The van der Waals surface area contributed by atoms with E-state index < -0.39 is 10.0 Å². The highest BCUT2D eigenvalue weighted by Crippen LogP contribution is 2.27. The maximum Gasteiger partial charge on any atom is 0.261 e. The van der Waals surface area contributed by atoms with Crippen LogP contribution in [-0.4, -0.2) is 20.0 Å². The first kappa shape index (κ1) is 21.6. The molecule has 0 spiro atoms. The van der Waals surface area contributed by atoms with E-state index in [1.807, 2.05) is 30.3 Å². The SMILES string of the molecule is CCCCOc1ccc(NS(=O)(=O)c2ccc(-c3ncc(-c4ccccc4)o3)cc2)cc1. The molecule has 3 aromatic carbocycles. The third-order valence-corrected chi connectivity index (χ3v) is 6.25. The van der Waals surface area contributed by atoms with Gasteiger partial charge in [0.2, 0.25) is 5.89 Å². The Kier molecular flexibility index (Phi) is 6.56. The zero-order valence-corrected chi connectivity index (χ0v) is 18.5. The molecule has 0 atom stereocenters. The van der Waals surface area contributed by atoms with E-state index in [1.165, 1.54) is 12.1 Å². The Morgan fingerprint density at radius 1 is 0.906 bits per heavy atom. The minimum atomic E-state index is -3.73. The van der Waals surface area contributed by atoms with Crippen LogP contribution >= 0.6 is 0 Å². The molecule has 0 fully saturated rings. The van der Waals surface area contributed by atoms with Crippen LogP contribution in [0.3, 0.4) is 0 Å². The lowest BCUT2D eigenvalue weighted by Crippen LogP contribution is -2.12. The van der Waals surface area contributed by atoms with Gasteiger partial charge in [-0.2, -0.15) is 0 Å². The van der Waals surface area contributed by atoms with Crippen molar-refractivity contribution < 1.29 is 17.6 Å². The molecular formula is C25H24N2O4S. The molecule has 0 aliphatic carbocycles. The summed E-state index contributed by atoms with van der Waals surface area (Å²) in [7, 11) is -3.73. The minimum absolute atomic E-state index is 0.152. The molecule has 0 saturated carbocycles. The molecule has 1 heterocycles. The average molecular weight is 449 g/mol. The van der Waals surface area contributed by atoms with Crippen LogP contribution in [0, 0.1) is 0 Å². The van der Waals surface area contributed by atoms with Crippen molar-refractivity contribution in [3.63, 3.8) is 0 Å². The van der Waals surface area contributed by atoms with Crippen LogP contribution in [0.25, 0.3) is 22.8 Å². The quantitative estimate of drug-likeness (QED) is 0.318. The highest BCUT2D eigenvalue weighted by atomic mass is 32.2. The first-order valence-corrected chi connectivity index (χ1v) is 11.9. The Morgan fingerprint density at radius 2 is 1.62 bits per heavy atom. The van der Waals surface area contributed by atoms with E-state index >= 15 is 0 Å². The molecule has 0 radical (unpaired) electrons. The topological polar surface area (TPSA) is 81.4 Å². The number of hydrogen-bond acceptors (Lipinski definition) is 5. The number of nitrogens with one attached hydrogen (secondary N) is 1. The second kappa shape index (κ2) is 9.70. The largest absolute Gasteiger partial charge is 0.494 e. The van der Waals surface area contributed by atoms with Gasteiger partial charge in [-0.1, -0.05) is 43.7 Å². The summed E-state index contributed by atoms with van der Waals surface area (Å²) >= 11 is 0. The van der Waals surface area contributed by atoms with E-state index in [-0.39, 0.29) is 4.90 Å². The number of hydrogen-bond donors (Lipinski definition) is 1. The van der Waals surface area contributed by atoms with E-state index in [9.17, 15) is 8.42 Å². The third kappa shape index (κ3) is 5.18. The standard InChI is InChI=1S/C25H24N2O4S/c1-2-3-17-30-22-13-11-21(12-14-22)27-32(28,29)23-15-9-20(10-16-23)25-26-18-24(31-25)19-7-5-4-6-8-19/h4-16,18,27H,2-3,17H2,1H3. The number of aromatic nitrogens is 1. The maximum absolute atomic E-state index is 12.8. The van der Waals surface area contributed by atoms with Gasteiger partial charge in [0.1, 0.15) is 5.75 Å². The average Bonchev–Trinajstić information content (AvgIpc) is 3.31. The zero-order valence-electron chi connectivity index (χ0n) is 17.7. The number of oxazole rings is 1. The monoisotopic (exact) mass is 448 g/mol. The van der Waals surface area contributed by atoms with Gasteiger partial charge in [-0.15, -0.1) is 0 Å². The Bertz CT molecular complexity index is 1250. The van der Waals surface area contributed by atoms with E-state index in [2.05, 4.69) is 16.6 Å². The summed E-state index contributed by atoms with van der Waals surface area (Å²) in [6, 6.07) is 23.0. The van der Waals surface area contributed by atoms with Crippen LogP contribution in [0.4, 0.5) is 5.69 Å². The maximum atomic E-state index is 12.8. The first-order chi connectivity index (χ1) is 15.5. The molecule has 0 unspecified atom stereocenters. The molecule has 4 rings (SSSR count). The summed E-state index contributed by atoms with van der Waals surface area (Å²) in [4.78, 5) is 4.47. The Morgan fingerprint density at radius 3 is 2.31 bits per heavy atom. The summed E-state index contributed by atoms with van der Waals surface area (Å²) in [5.74, 6) is 1.80. The number of anilines is 1. The zero-order chi connectivity index (χ0) is 22.4. The van der Waals surface area contributed by atoms with Crippen molar-refractivity contribution >= 4 is 15.7 Å². The highest BCUT2D eigenvalue weighted by molar-refractivity contribution is 7.92. The van der Waals surface area contributed by atoms with Gasteiger partial charge in [0, 0.05) is 16.8 Å². The number of sulfonamides is 1. The highest BCUT2D eigenvalue weighted by Gasteiger charge is 2.16. The van der Waals surface area contributed by atoms with Crippen LogP contribution in [0.2, 0.25) is 0 Å². The lowest BCUT2D eigenvalue weighted by atomic mass is 10.2. The van der Waals surface area contributed by atoms with Crippen molar-refractivity contribution in [2.45, 2.75) is 24.7 Å². The molecule has 4 aromatic rings. The molecule has 32 heavy (non-hydrogen) atoms. The second-order valence-electron chi connectivity index (χ2n) is 7.25. The smallest absolute Gasteiger partial charge is 0.261 e. The molecule has 164 valence electrons. The normalized spacial score (nSPS) is 11.3. The number of ether oxygens (including phenoxy) is 1. The molecular weight excluding hydrogens is 424 g/mol. The number of nitrogens with zero attached hydrogens (tertiary/aromatic N) is 1. The van der Waals surface area contributed by atoms with Crippen molar-refractivity contribution in [2.75, 3.05) is 11.3 Å². The molecule has 6 nitrogen and oxygen atoms in total. The summed E-state index contributed by atoms with van der Waals surface area (Å²) < 4.78 is 39.5. The van der Waals surface area contributed by atoms with Gasteiger partial charge in [-0.05, 0) is 55.0 Å². The van der Waals surface area contributed by atoms with Crippen LogP contribution in [0.1, 0.15) is 19.8 Å². The third-order valence-electron chi connectivity index (χ3n) is 4.85. The van der Waals surface area contributed by atoms with Crippen molar-refractivity contribution in [1.29, 1.82) is 0 Å². The summed E-state index contributed by atoms with van der Waals surface area (Å²) in [5, 5.41) is 0. The minimum Gasteiger partial charge on any atom is -0.494 e. The fourth-order valence-electron chi connectivity index (χ4n) is 3.09. The van der Waals surface area contributed by atoms with Gasteiger partial charge in [0.05, 0.1) is 17.7 Å². The van der Waals surface area contributed by atoms with Crippen molar-refractivity contribution in [1.82, 2.24) is 4.98 Å². The Labute approximate surface area is 188 Å². The van der Waals surface area contributed by atoms with Gasteiger partial charge in [0.25, 0.3) is 10.0 Å². The Hall–Kier alpha value is -3.58. The summed E-state index contributed by atoms with van der Waals surface area (Å²) in [6.07, 6.45) is 3.69. The van der Waals surface area contributed by atoms with Gasteiger partial charge in [-0.3, -0.25) is 4.72 Å². The van der Waals surface area contributed by atoms with Gasteiger partial charge in [-0.25, -0.2) is 13.4 Å². The molecule has 0 bridgehead atoms. The second-order valence-corrected chi connectivity index (χ2v) is 8.93. The van der Waals surface area contributed by atoms with E-state index in [0.717, 1.165) is 18.4 Å². The van der Waals surface area contributed by atoms with Crippen LogP contribution in [0.15, 0.2) is 94.4 Å².